The summed E-state index contributed by atoms with van der Waals surface area (Å²) in [6.45, 7) is 0.288. The molecule has 0 bridgehead atoms. The van der Waals surface area contributed by atoms with Crippen LogP contribution in [-0.4, -0.2) is 17.3 Å². The Morgan fingerprint density at radius 1 is 1.71 bits per heavy atom. The van der Waals surface area contributed by atoms with Gasteiger partial charge in [0.15, 0.2) is 0 Å². The molecule has 0 heterocycles. The molecule has 42 valence electrons. The number of aliphatic hydroxyl groups is 1. The fourth-order valence-corrected chi connectivity index (χ4v) is 1.14. The number of rotatable bonds is 2. The lowest BCUT2D eigenvalue weighted by atomic mass is 10.3. The Morgan fingerprint density at radius 3 is 2.29 bits per heavy atom. The molecule has 0 saturated heterocycles. The van der Waals surface area contributed by atoms with E-state index in [2.05, 4.69) is 26.4 Å². The quantitative estimate of drug-likeness (QED) is 0.515. The minimum absolute atomic E-state index is 0.126. The summed E-state index contributed by atoms with van der Waals surface area (Å²) in [6.07, 6.45) is 2.26. The van der Waals surface area contributed by atoms with Crippen LogP contribution in [0, 0.1) is 0 Å². The molecule has 0 aromatic carbocycles. The van der Waals surface area contributed by atoms with Gasteiger partial charge in [-0.05, 0) is 12.8 Å². The van der Waals surface area contributed by atoms with Crippen molar-refractivity contribution < 1.29 is 5.11 Å². The molecule has 3 heteroatoms. The van der Waals surface area contributed by atoms with E-state index in [1.54, 1.807) is 0 Å². The second-order valence-electron chi connectivity index (χ2n) is 2.03. The lowest BCUT2D eigenvalue weighted by Crippen LogP contribution is -2.25. The fraction of sp³-hybridized carbons (Fsp3) is 1.00. The van der Waals surface area contributed by atoms with E-state index in [9.17, 15) is 0 Å². The van der Waals surface area contributed by atoms with Gasteiger partial charge in [0.2, 0.25) is 0 Å². The maximum atomic E-state index is 8.59. The first-order chi connectivity index (χ1) is 3.33. The van der Waals surface area contributed by atoms with Crippen molar-refractivity contribution in [2.24, 2.45) is 0 Å². The summed E-state index contributed by atoms with van der Waals surface area (Å²) < 4.78 is 3.02. The summed E-state index contributed by atoms with van der Waals surface area (Å²) in [4.78, 5) is 0. The average Bonchev–Trinajstić information content (AvgIpc) is 2.46. The zero-order chi connectivity index (χ0) is 5.33. The Labute approximate surface area is 56.8 Å². The molecule has 7 heavy (non-hydrogen) atoms. The molecule has 1 fully saturated rings. The van der Waals surface area contributed by atoms with E-state index in [1.807, 2.05) is 0 Å². The maximum absolute atomic E-state index is 8.59. The SMILES string of the molecule is OCC1(NI)CC1. The first-order valence-electron chi connectivity index (χ1n) is 2.32. The third kappa shape index (κ3) is 1.06. The third-order valence-electron chi connectivity index (χ3n) is 1.36. The van der Waals surface area contributed by atoms with Crippen LogP contribution in [0.2, 0.25) is 0 Å². The first kappa shape index (κ1) is 5.78. The van der Waals surface area contributed by atoms with Gasteiger partial charge in [-0.15, -0.1) is 0 Å². The van der Waals surface area contributed by atoms with Crippen molar-refractivity contribution in [3.63, 3.8) is 0 Å². The van der Waals surface area contributed by atoms with Crippen molar-refractivity contribution in [1.82, 2.24) is 3.53 Å². The van der Waals surface area contributed by atoms with E-state index in [0.717, 1.165) is 12.8 Å². The molecule has 2 nitrogen and oxygen atoms in total. The van der Waals surface area contributed by atoms with Crippen LogP contribution in [0.25, 0.3) is 0 Å². The van der Waals surface area contributed by atoms with Crippen LogP contribution >= 0.6 is 22.9 Å². The first-order valence-corrected chi connectivity index (χ1v) is 3.39. The molecule has 2 N–H and O–H groups in total. The lowest BCUT2D eigenvalue weighted by Gasteiger charge is -2.04. The summed E-state index contributed by atoms with van der Waals surface area (Å²) >= 11 is 2.08. The van der Waals surface area contributed by atoms with Crippen LogP contribution in [0.15, 0.2) is 0 Å². The van der Waals surface area contributed by atoms with Crippen LogP contribution < -0.4 is 3.53 Å². The van der Waals surface area contributed by atoms with Gasteiger partial charge in [-0.1, -0.05) is 0 Å². The van der Waals surface area contributed by atoms with E-state index in [0.29, 0.717) is 0 Å². The van der Waals surface area contributed by atoms with Gasteiger partial charge in [0, 0.05) is 22.9 Å². The smallest absolute Gasteiger partial charge is 0.0620 e. The minimum atomic E-state index is 0.126. The molecule has 0 spiro atoms. The van der Waals surface area contributed by atoms with Gasteiger partial charge in [0.1, 0.15) is 0 Å². The van der Waals surface area contributed by atoms with Crippen molar-refractivity contribution in [3.05, 3.63) is 0 Å². The molecule has 1 saturated carbocycles. The molecular weight excluding hydrogens is 205 g/mol. The summed E-state index contributed by atoms with van der Waals surface area (Å²) in [5.74, 6) is 0. The van der Waals surface area contributed by atoms with Gasteiger partial charge < -0.3 is 5.11 Å². The second-order valence-corrected chi connectivity index (χ2v) is 2.57. The highest BCUT2D eigenvalue weighted by atomic mass is 127. The number of aliphatic hydroxyl groups excluding tert-OH is 1. The average molecular weight is 213 g/mol. The topological polar surface area (TPSA) is 32.3 Å². The molecule has 0 radical (unpaired) electrons. The van der Waals surface area contributed by atoms with E-state index < -0.39 is 0 Å². The van der Waals surface area contributed by atoms with Crippen molar-refractivity contribution in [3.8, 4) is 0 Å². The molecule has 0 aromatic rings. The van der Waals surface area contributed by atoms with Gasteiger partial charge in [0.25, 0.3) is 0 Å². The highest BCUT2D eigenvalue weighted by Crippen LogP contribution is 2.35. The highest BCUT2D eigenvalue weighted by Gasteiger charge is 2.40. The Bertz CT molecular complexity index is 66.1. The van der Waals surface area contributed by atoms with Gasteiger partial charge in [-0.2, -0.15) is 0 Å². The highest BCUT2D eigenvalue weighted by molar-refractivity contribution is 14.1. The predicted octanol–water partition coefficient (Wildman–Crippen LogP) is 0.451. The monoisotopic (exact) mass is 213 g/mol. The van der Waals surface area contributed by atoms with Gasteiger partial charge in [-0.3, -0.25) is 3.53 Å². The molecule has 1 aliphatic rings. The van der Waals surface area contributed by atoms with E-state index in [1.165, 1.54) is 0 Å². The summed E-state index contributed by atoms with van der Waals surface area (Å²) in [7, 11) is 0. The van der Waals surface area contributed by atoms with Gasteiger partial charge in [0.05, 0.1) is 12.1 Å². The molecular formula is C4H8INO. The number of hydrogen-bond acceptors (Lipinski definition) is 2. The molecule has 0 atom stereocenters. The molecule has 0 amide bonds. The fourth-order valence-electron chi connectivity index (χ4n) is 0.433. The second kappa shape index (κ2) is 1.87. The van der Waals surface area contributed by atoms with Crippen molar-refractivity contribution >= 4 is 22.9 Å². The zero-order valence-electron chi connectivity index (χ0n) is 3.95. The summed E-state index contributed by atoms with van der Waals surface area (Å²) in [5, 5.41) is 8.59. The van der Waals surface area contributed by atoms with E-state index >= 15 is 0 Å². The van der Waals surface area contributed by atoms with Crippen molar-refractivity contribution in [2.75, 3.05) is 6.61 Å². The number of halogens is 1. The van der Waals surface area contributed by atoms with Crippen LogP contribution in [-0.2, 0) is 0 Å². The van der Waals surface area contributed by atoms with Crippen LogP contribution in [0.1, 0.15) is 12.8 Å². The standard InChI is InChI=1S/C4H8INO/c5-6-4(3-7)1-2-4/h6-7H,1-3H2. The number of nitrogens with one attached hydrogen (secondary N) is 1. The Morgan fingerprint density at radius 2 is 2.29 bits per heavy atom. The minimum Gasteiger partial charge on any atom is -0.394 e. The maximum Gasteiger partial charge on any atom is 0.0620 e. The summed E-state index contributed by atoms with van der Waals surface area (Å²) in [5.41, 5.74) is 0.126. The normalized spacial score (nSPS) is 24.9. The molecule has 0 aromatic heterocycles. The van der Waals surface area contributed by atoms with Gasteiger partial charge >= 0.3 is 0 Å². The Hall–Kier alpha value is 0.650. The Balaban J connectivity index is 2.28. The predicted molar refractivity (Wildman–Crippen MR) is 36.2 cm³/mol. The van der Waals surface area contributed by atoms with E-state index in [-0.39, 0.29) is 12.1 Å². The van der Waals surface area contributed by atoms with E-state index in [4.69, 9.17) is 5.11 Å². The van der Waals surface area contributed by atoms with Crippen molar-refractivity contribution in [1.29, 1.82) is 0 Å². The molecule has 0 unspecified atom stereocenters. The largest absolute Gasteiger partial charge is 0.394 e. The third-order valence-corrected chi connectivity index (χ3v) is 2.50. The number of hydrogen-bond donors (Lipinski definition) is 2. The van der Waals surface area contributed by atoms with Gasteiger partial charge in [-0.25, -0.2) is 0 Å². The molecule has 1 rings (SSSR count). The van der Waals surface area contributed by atoms with Crippen LogP contribution in [0.3, 0.4) is 0 Å². The van der Waals surface area contributed by atoms with Crippen molar-refractivity contribution in [2.45, 2.75) is 18.4 Å². The lowest BCUT2D eigenvalue weighted by molar-refractivity contribution is 0.252. The summed E-state index contributed by atoms with van der Waals surface area (Å²) in [6, 6.07) is 0. The van der Waals surface area contributed by atoms with Crippen LogP contribution in [0.5, 0.6) is 0 Å². The zero-order valence-corrected chi connectivity index (χ0v) is 6.10. The molecule has 0 aliphatic heterocycles. The van der Waals surface area contributed by atoms with Crippen LogP contribution in [0.4, 0.5) is 0 Å². The molecule has 1 aliphatic carbocycles. The Kier molecular flexibility index (Phi) is 1.55.